The highest BCUT2D eigenvalue weighted by atomic mass is 16.2. The second-order valence-corrected chi connectivity index (χ2v) is 7.37. The first-order valence-corrected chi connectivity index (χ1v) is 8.87. The fourth-order valence-electron chi connectivity index (χ4n) is 3.67. The van der Waals surface area contributed by atoms with Gasteiger partial charge in [0.2, 0.25) is 5.91 Å². The molecule has 0 unspecified atom stereocenters. The largest absolute Gasteiger partial charge is 0.354 e. The van der Waals surface area contributed by atoms with Crippen LogP contribution in [0.4, 0.5) is 0 Å². The molecule has 23 heavy (non-hydrogen) atoms. The number of carbonyl (C=O) groups is 1. The van der Waals surface area contributed by atoms with Crippen LogP contribution in [-0.2, 0) is 11.2 Å². The van der Waals surface area contributed by atoms with E-state index in [4.69, 9.17) is 0 Å². The molecule has 1 heterocycles. The number of carbonyl (C=O) groups excluding carboxylic acids is 1. The summed E-state index contributed by atoms with van der Waals surface area (Å²) in [4.78, 5) is 16.8. The molecule has 1 N–H and O–H groups in total. The van der Waals surface area contributed by atoms with Crippen LogP contribution < -0.4 is 5.32 Å². The van der Waals surface area contributed by atoms with E-state index in [1.807, 2.05) is 0 Å². The fraction of sp³-hybridized carbons (Fsp3) is 0.632. The van der Waals surface area contributed by atoms with Gasteiger partial charge < -0.3 is 10.2 Å². The molecule has 1 aliphatic heterocycles. The summed E-state index contributed by atoms with van der Waals surface area (Å²) in [6.45, 7) is 5.50. The first-order valence-electron chi connectivity index (χ1n) is 8.87. The SMILES string of the molecule is CN1CCN(CC(=O)NCC2(Cc3ccccc3)CCC2)CC1. The smallest absolute Gasteiger partial charge is 0.234 e. The van der Waals surface area contributed by atoms with E-state index >= 15 is 0 Å². The second kappa shape index (κ2) is 7.45. The summed E-state index contributed by atoms with van der Waals surface area (Å²) in [5.41, 5.74) is 1.68. The van der Waals surface area contributed by atoms with Crippen LogP contribution in [0, 0.1) is 5.41 Å². The van der Waals surface area contributed by atoms with Gasteiger partial charge in [-0.05, 0) is 37.3 Å². The molecule has 4 nitrogen and oxygen atoms in total. The Bertz CT molecular complexity index is 505. The number of rotatable bonds is 6. The van der Waals surface area contributed by atoms with Crippen molar-refractivity contribution in [3.8, 4) is 0 Å². The molecule has 0 aromatic heterocycles. The van der Waals surface area contributed by atoms with Gasteiger partial charge in [-0.2, -0.15) is 0 Å². The number of amides is 1. The number of benzene rings is 1. The highest BCUT2D eigenvalue weighted by molar-refractivity contribution is 5.78. The summed E-state index contributed by atoms with van der Waals surface area (Å²) in [6, 6.07) is 10.7. The molecule has 0 radical (unpaired) electrons. The maximum Gasteiger partial charge on any atom is 0.234 e. The molecule has 0 atom stereocenters. The Morgan fingerprint density at radius 3 is 2.43 bits per heavy atom. The Morgan fingerprint density at radius 2 is 1.83 bits per heavy atom. The van der Waals surface area contributed by atoms with E-state index in [2.05, 4.69) is 52.5 Å². The van der Waals surface area contributed by atoms with Gasteiger partial charge >= 0.3 is 0 Å². The van der Waals surface area contributed by atoms with Crippen LogP contribution in [0.2, 0.25) is 0 Å². The van der Waals surface area contributed by atoms with Gasteiger partial charge in [0, 0.05) is 32.7 Å². The molecule has 1 saturated carbocycles. The van der Waals surface area contributed by atoms with E-state index in [1.54, 1.807) is 0 Å². The molecule has 1 saturated heterocycles. The molecule has 0 bridgehead atoms. The summed E-state index contributed by atoms with van der Waals surface area (Å²) in [7, 11) is 2.14. The number of hydrogen-bond acceptors (Lipinski definition) is 3. The van der Waals surface area contributed by atoms with Crippen molar-refractivity contribution in [2.75, 3.05) is 46.3 Å². The Kier molecular flexibility index (Phi) is 5.34. The van der Waals surface area contributed by atoms with Crippen molar-refractivity contribution in [1.29, 1.82) is 0 Å². The molecular weight excluding hydrogens is 286 g/mol. The van der Waals surface area contributed by atoms with E-state index in [1.165, 1.54) is 24.8 Å². The summed E-state index contributed by atoms with van der Waals surface area (Å²) in [5.74, 6) is 0.189. The summed E-state index contributed by atoms with van der Waals surface area (Å²) >= 11 is 0. The maximum absolute atomic E-state index is 12.3. The minimum atomic E-state index is 0.189. The van der Waals surface area contributed by atoms with Gasteiger partial charge in [-0.3, -0.25) is 9.69 Å². The van der Waals surface area contributed by atoms with Gasteiger partial charge in [-0.1, -0.05) is 36.8 Å². The van der Waals surface area contributed by atoms with Gasteiger partial charge in [0.25, 0.3) is 0 Å². The van der Waals surface area contributed by atoms with Gasteiger partial charge in [-0.15, -0.1) is 0 Å². The van der Waals surface area contributed by atoms with Crippen molar-refractivity contribution >= 4 is 5.91 Å². The molecule has 4 heteroatoms. The zero-order valence-corrected chi connectivity index (χ0v) is 14.3. The number of nitrogens with one attached hydrogen (secondary N) is 1. The molecule has 126 valence electrons. The lowest BCUT2D eigenvalue weighted by molar-refractivity contribution is -0.123. The molecular formula is C19H29N3O. The molecule has 3 rings (SSSR count). The summed E-state index contributed by atoms with van der Waals surface area (Å²) < 4.78 is 0. The van der Waals surface area contributed by atoms with Crippen LogP contribution in [0.5, 0.6) is 0 Å². The molecule has 1 aliphatic carbocycles. The molecule has 1 aromatic rings. The van der Waals surface area contributed by atoms with E-state index in [9.17, 15) is 4.79 Å². The molecule has 2 aliphatic rings. The Hall–Kier alpha value is -1.39. The van der Waals surface area contributed by atoms with Crippen LogP contribution in [0.1, 0.15) is 24.8 Å². The van der Waals surface area contributed by atoms with Crippen molar-refractivity contribution in [2.45, 2.75) is 25.7 Å². The Balaban J connectivity index is 1.45. The standard InChI is InChI=1S/C19H29N3O/c1-21-10-12-22(13-11-21)15-18(23)20-16-19(8-5-9-19)14-17-6-3-2-4-7-17/h2-4,6-7H,5,8-16H2,1H3,(H,20,23). The lowest BCUT2D eigenvalue weighted by Crippen LogP contribution is -2.50. The minimum absolute atomic E-state index is 0.189. The topological polar surface area (TPSA) is 35.6 Å². The van der Waals surface area contributed by atoms with Crippen LogP contribution >= 0.6 is 0 Å². The van der Waals surface area contributed by atoms with Crippen LogP contribution in [-0.4, -0.2) is 62.0 Å². The monoisotopic (exact) mass is 315 g/mol. The average molecular weight is 315 g/mol. The third-order valence-electron chi connectivity index (χ3n) is 5.46. The Morgan fingerprint density at radius 1 is 1.13 bits per heavy atom. The zero-order chi connectivity index (χ0) is 16.1. The summed E-state index contributed by atoms with van der Waals surface area (Å²) in [6.07, 6.45) is 4.84. The normalized spacial score (nSPS) is 21.6. The van der Waals surface area contributed by atoms with Crippen LogP contribution in [0.25, 0.3) is 0 Å². The van der Waals surface area contributed by atoms with Crippen molar-refractivity contribution in [1.82, 2.24) is 15.1 Å². The Labute approximate surface area is 139 Å². The number of likely N-dealkylation sites (N-methyl/N-ethyl adjacent to an activating group) is 1. The molecule has 2 fully saturated rings. The quantitative estimate of drug-likeness (QED) is 0.869. The van der Waals surface area contributed by atoms with Gasteiger partial charge in [0.15, 0.2) is 0 Å². The van der Waals surface area contributed by atoms with Crippen LogP contribution in [0.3, 0.4) is 0 Å². The summed E-state index contributed by atoms with van der Waals surface area (Å²) in [5, 5.41) is 3.21. The van der Waals surface area contributed by atoms with Crippen molar-refractivity contribution in [3.05, 3.63) is 35.9 Å². The fourth-order valence-corrected chi connectivity index (χ4v) is 3.67. The average Bonchev–Trinajstić information content (AvgIpc) is 2.53. The number of nitrogens with zero attached hydrogens (tertiary/aromatic N) is 2. The molecule has 1 aromatic carbocycles. The van der Waals surface area contributed by atoms with Crippen molar-refractivity contribution in [2.24, 2.45) is 5.41 Å². The minimum Gasteiger partial charge on any atom is -0.354 e. The van der Waals surface area contributed by atoms with Gasteiger partial charge in [-0.25, -0.2) is 0 Å². The highest BCUT2D eigenvalue weighted by Crippen LogP contribution is 2.43. The number of hydrogen-bond donors (Lipinski definition) is 1. The third kappa shape index (κ3) is 4.55. The predicted molar refractivity (Wildman–Crippen MR) is 93.4 cm³/mol. The predicted octanol–water partition coefficient (Wildman–Crippen LogP) is 1.76. The van der Waals surface area contributed by atoms with E-state index in [-0.39, 0.29) is 5.91 Å². The first-order chi connectivity index (χ1) is 11.2. The second-order valence-electron chi connectivity index (χ2n) is 7.37. The number of piperazine rings is 1. The lowest BCUT2D eigenvalue weighted by Gasteiger charge is -2.42. The van der Waals surface area contributed by atoms with E-state index < -0.39 is 0 Å². The molecule has 1 amide bonds. The van der Waals surface area contributed by atoms with Crippen molar-refractivity contribution < 1.29 is 4.79 Å². The lowest BCUT2D eigenvalue weighted by atomic mass is 9.65. The van der Waals surface area contributed by atoms with E-state index in [0.717, 1.165) is 39.1 Å². The first kappa shape index (κ1) is 16.5. The van der Waals surface area contributed by atoms with E-state index in [0.29, 0.717) is 12.0 Å². The van der Waals surface area contributed by atoms with Gasteiger partial charge in [0.05, 0.1) is 6.54 Å². The van der Waals surface area contributed by atoms with Gasteiger partial charge in [0.1, 0.15) is 0 Å². The zero-order valence-electron chi connectivity index (χ0n) is 14.3. The van der Waals surface area contributed by atoms with Crippen molar-refractivity contribution in [3.63, 3.8) is 0 Å². The highest BCUT2D eigenvalue weighted by Gasteiger charge is 2.37. The third-order valence-corrected chi connectivity index (χ3v) is 5.46. The van der Waals surface area contributed by atoms with Crippen LogP contribution in [0.15, 0.2) is 30.3 Å². The maximum atomic E-state index is 12.3. The molecule has 0 spiro atoms.